The molecule has 0 fully saturated rings. The highest BCUT2D eigenvalue weighted by Gasteiger charge is 2.11. The normalized spacial score (nSPS) is 12.0. The Balaban J connectivity index is 2.64. The van der Waals surface area contributed by atoms with Gasteiger partial charge in [0.25, 0.3) is 5.91 Å². The number of carbonyl (C=O) groups is 1. The van der Waals surface area contributed by atoms with Gasteiger partial charge in [0.2, 0.25) is 0 Å². The lowest BCUT2D eigenvalue weighted by molar-refractivity contribution is -0.123. The minimum absolute atomic E-state index is 0.0403. The molecule has 1 aromatic carbocycles. The first kappa shape index (κ1) is 15.0. The molecule has 0 saturated heterocycles. The Morgan fingerprint density at radius 1 is 1.56 bits per heavy atom. The molecule has 1 amide bonds. The Kier molecular flexibility index (Phi) is 6.15. The second-order valence-corrected chi connectivity index (χ2v) is 4.91. The Morgan fingerprint density at radius 3 is 2.89 bits per heavy atom. The van der Waals surface area contributed by atoms with Crippen molar-refractivity contribution >= 4 is 21.8 Å². The van der Waals surface area contributed by atoms with E-state index in [1.165, 1.54) is 0 Å². The van der Waals surface area contributed by atoms with Crippen LogP contribution in [0.4, 0.5) is 0 Å². The number of aliphatic hydroxyl groups excluding tert-OH is 1. The number of hydrogen-bond donors (Lipinski definition) is 2. The van der Waals surface area contributed by atoms with Crippen LogP contribution in [0, 0.1) is 0 Å². The van der Waals surface area contributed by atoms with Crippen LogP contribution in [-0.2, 0) is 4.79 Å². The largest absolute Gasteiger partial charge is 0.483 e. The van der Waals surface area contributed by atoms with Gasteiger partial charge in [-0.3, -0.25) is 4.79 Å². The maximum absolute atomic E-state index is 11.4. The first-order valence-electron chi connectivity index (χ1n) is 5.91. The molecule has 0 aliphatic carbocycles. The van der Waals surface area contributed by atoms with E-state index in [0.717, 1.165) is 10.9 Å². The van der Waals surface area contributed by atoms with Crippen molar-refractivity contribution in [2.24, 2.45) is 0 Å². The van der Waals surface area contributed by atoms with E-state index < -0.39 is 6.10 Å². The third-order valence-electron chi connectivity index (χ3n) is 2.35. The molecule has 18 heavy (non-hydrogen) atoms. The Labute approximate surface area is 115 Å². The van der Waals surface area contributed by atoms with Gasteiger partial charge in [-0.05, 0) is 31.5 Å². The molecule has 0 saturated carbocycles. The summed E-state index contributed by atoms with van der Waals surface area (Å²) < 4.78 is 6.28. The summed E-state index contributed by atoms with van der Waals surface area (Å²) in [5.41, 5.74) is 0.660. The number of carbonyl (C=O) groups excluding carboxylic acids is 1. The van der Waals surface area contributed by atoms with Crippen LogP contribution in [-0.4, -0.2) is 24.2 Å². The summed E-state index contributed by atoms with van der Waals surface area (Å²) in [6, 6.07) is 5.33. The zero-order chi connectivity index (χ0) is 13.5. The third kappa shape index (κ3) is 4.66. The SMILES string of the molecule is CCCNC(=O)COc1ccc(Br)cc1[C@H](C)O. The van der Waals surface area contributed by atoms with E-state index in [4.69, 9.17) is 4.74 Å². The molecule has 0 bridgehead atoms. The fourth-order valence-electron chi connectivity index (χ4n) is 1.44. The lowest BCUT2D eigenvalue weighted by Gasteiger charge is -2.13. The van der Waals surface area contributed by atoms with E-state index in [0.29, 0.717) is 17.9 Å². The summed E-state index contributed by atoms with van der Waals surface area (Å²) >= 11 is 3.33. The van der Waals surface area contributed by atoms with Crippen LogP contribution < -0.4 is 10.1 Å². The lowest BCUT2D eigenvalue weighted by Crippen LogP contribution is -2.29. The number of nitrogens with one attached hydrogen (secondary N) is 1. The number of hydrogen-bond acceptors (Lipinski definition) is 3. The van der Waals surface area contributed by atoms with E-state index in [1.807, 2.05) is 13.0 Å². The third-order valence-corrected chi connectivity index (χ3v) is 2.85. The molecule has 1 aromatic rings. The molecule has 1 rings (SSSR count). The lowest BCUT2D eigenvalue weighted by atomic mass is 10.1. The molecular weight excluding hydrogens is 298 g/mol. The monoisotopic (exact) mass is 315 g/mol. The molecule has 0 radical (unpaired) electrons. The van der Waals surface area contributed by atoms with Crippen LogP contribution in [0.25, 0.3) is 0 Å². The van der Waals surface area contributed by atoms with Crippen LogP contribution in [0.3, 0.4) is 0 Å². The van der Waals surface area contributed by atoms with Crippen LogP contribution in [0.5, 0.6) is 5.75 Å². The highest BCUT2D eigenvalue weighted by atomic mass is 79.9. The van der Waals surface area contributed by atoms with E-state index in [-0.39, 0.29) is 12.5 Å². The second-order valence-electron chi connectivity index (χ2n) is 4.00. The molecular formula is C13H18BrNO3. The van der Waals surface area contributed by atoms with Gasteiger partial charge in [-0.2, -0.15) is 0 Å². The van der Waals surface area contributed by atoms with Gasteiger partial charge in [-0.25, -0.2) is 0 Å². The number of ether oxygens (including phenoxy) is 1. The number of amides is 1. The van der Waals surface area contributed by atoms with E-state index in [1.54, 1.807) is 19.1 Å². The molecule has 0 aliphatic rings. The molecule has 4 nitrogen and oxygen atoms in total. The number of benzene rings is 1. The first-order valence-corrected chi connectivity index (χ1v) is 6.71. The van der Waals surface area contributed by atoms with Crippen molar-refractivity contribution in [1.29, 1.82) is 0 Å². The maximum Gasteiger partial charge on any atom is 0.257 e. The molecule has 100 valence electrons. The van der Waals surface area contributed by atoms with Gasteiger partial charge in [0.1, 0.15) is 5.75 Å². The molecule has 0 aromatic heterocycles. The van der Waals surface area contributed by atoms with Gasteiger partial charge in [0.15, 0.2) is 6.61 Å². The average Bonchev–Trinajstić information content (AvgIpc) is 2.34. The molecule has 0 unspecified atom stereocenters. The minimum Gasteiger partial charge on any atom is -0.483 e. The van der Waals surface area contributed by atoms with E-state index >= 15 is 0 Å². The fraction of sp³-hybridized carbons (Fsp3) is 0.462. The van der Waals surface area contributed by atoms with Crippen LogP contribution in [0.2, 0.25) is 0 Å². The quantitative estimate of drug-likeness (QED) is 0.847. The van der Waals surface area contributed by atoms with Gasteiger partial charge < -0.3 is 15.2 Å². The molecule has 2 N–H and O–H groups in total. The van der Waals surface area contributed by atoms with E-state index in [2.05, 4.69) is 21.2 Å². The molecule has 0 aliphatic heterocycles. The van der Waals surface area contributed by atoms with Crippen molar-refractivity contribution < 1.29 is 14.6 Å². The minimum atomic E-state index is -0.642. The Bertz CT molecular complexity index is 407. The second kappa shape index (κ2) is 7.38. The predicted molar refractivity (Wildman–Crippen MR) is 73.6 cm³/mol. The van der Waals surface area contributed by atoms with E-state index in [9.17, 15) is 9.90 Å². The van der Waals surface area contributed by atoms with Crippen molar-refractivity contribution in [2.45, 2.75) is 26.4 Å². The van der Waals surface area contributed by atoms with Crippen LogP contribution >= 0.6 is 15.9 Å². The number of aliphatic hydroxyl groups is 1. The van der Waals surface area contributed by atoms with Gasteiger partial charge in [-0.15, -0.1) is 0 Å². The summed E-state index contributed by atoms with van der Waals surface area (Å²) in [6.45, 7) is 4.25. The molecule has 0 heterocycles. The summed E-state index contributed by atoms with van der Waals surface area (Å²) in [5, 5.41) is 12.4. The molecule has 5 heteroatoms. The summed E-state index contributed by atoms with van der Waals surface area (Å²) in [7, 11) is 0. The molecule has 1 atom stereocenters. The van der Waals surface area contributed by atoms with Gasteiger partial charge in [0.05, 0.1) is 6.10 Å². The van der Waals surface area contributed by atoms with Gasteiger partial charge in [0, 0.05) is 16.6 Å². The Morgan fingerprint density at radius 2 is 2.28 bits per heavy atom. The molecule has 0 spiro atoms. The van der Waals surface area contributed by atoms with Crippen molar-refractivity contribution in [3.63, 3.8) is 0 Å². The van der Waals surface area contributed by atoms with Gasteiger partial charge in [-0.1, -0.05) is 22.9 Å². The maximum atomic E-state index is 11.4. The van der Waals surface area contributed by atoms with Crippen molar-refractivity contribution in [3.05, 3.63) is 28.2 Å². The topological polar surface area (TPSA) is 58.6 Å². The average molecular weight is 316 g/mol. The number of rotatable bonds is 6. The number of halogens is 1. The van der Waals surface area contributed by atoms with Gasteiger partial charge >= 0.3 is 0 Å². The summed E-state index contributed by atoms with van der Waals surface area (Å²) in [6.07, 6.45) is 0.249. The van der Waals surface area contributed by atoms with Crippen molar-refractivity contribution in [1.82, 2.24) is 5.32 Å². The Hall–Kier alpha value is -1.07. The summed E-state index contributed by atoms with van der Waals surface area (Å²) in [4.78, 5) is 11.4. The van der Waals surface area contributed by atoms with Crippen LogP contribution in [0.1, 0.15) is 31.9 Å². The zero-order valence-electron chi connectivity index (χ0n) is 10.6. The van der Waals surface area contributed by atoms with Crippen molar-refractivity contribution in [3.8, 4) is 5.75 Å². The smallest absolute Gasteiger partial charge is 0.257 e. The highest BCUT2D eigenvalue weighted by Crippen LogP contribution is 2.28. The first-order chi connectivity index (χ1) is 8.54. The predicted octanol–water partition coefficient (Wildman–Crippen LogP) is 2.41. The van der Waals surface area contributed by atoms with Crippen molar-refractivity contribution in [2.75, 3.05) is 13.2 Å². The van der Waals surface area contributed by atoms with Crippen LogP contribution in [0.15, 0.2) is 22.7 Å². The zero-order valence-corrected chi connectivity index (χ0v) is 12.2. The fourth-order valence-corrected chi connectivity index (χ4v) is 1.81. The summed E-state index contributed by atoms with van der Waals surface area (Å²) in [5.74, 6) is 0.371. The highest BCUT2D eigenvalue weighted by molar-refractivity contribution is 9.10. The standard InChI is InChI=1S/C13H18BrNO3/c1-3-6-15-13(17)8-18-12-5-4-10(14)7-11(12)9(2)16/h4-5,7,9,16H,3,6,8H2,1-2H3,(H,15,17)/t9-/m0/s1.